The minimum atomic E-state index is -0.358. The SMILES string of the molecule is CCN1CCC2(CC1)Oc1ccccc1[C@H]1C=C(c3ccc(OC)cc3OC)NN12. The number of fused-ring (bicyclic) bond motifs is 4. The van der Waals surface area contributed by atoms with Crippen LogP contribution in [0.25, 0.3) is 5.70 Å². The van der Waals surface area contributed by atoms with E-state index in [9.17, 15) is 0 Å². The number of benzene rings is 2. The summed E-state index contributed by atoms with van der Waals surface area (Å²) in [6.07, 6.45) is 4.21. The summed E-state index contributed by atoms with van der Waals surface area (Å²) in [4.78, 5) is 2.49. The van der Waals surface area contributed by atoms with Crippen molar-refractivity contribution in [2.75, 3.05) is 33.9 Å². The molecule has 3 aliphatic rings. The van der Waals surface area contributed by atoms with Crippen LogP contribution in [0.3, 0.4) is 0 Å². The number of hydrogen-bond donors (Lipinski definition) is 1. The highest BCUT2D eigenvalue weighted by atomic mass is 16.5. The fourth-order valence-electron chi connectivity index (χ4n) is 4.86. The van der Waals surface area contributed by atoms with Gasteiger partial charge in [-0.05, 0) is 30.8 Å². The maximum atomic E-state index is 6.70. The van der Waals surface area contributed by atoms with Crippen LogP contribution in [0.5, 0.6) is 17.2 Å². The number of para-hydroxylation sites is 1. The molecule has 3 heterocycles. The van der Waals surface area contributed by atoms with Gasteiger partial charge in [-0.1, -0.05) is 25.1 Å². The summed E-state index contributed by atoms with van der Waals surface area (Å²) >= 11 is 0. The molecule has 0 aromatic heterocycles. The second-order valence-corrected chi connectivity index (χ2v) is 8.09. The Morgan fingerprint density at radius 3 is 2.63 bits per heavy atom. The highest BCUT2D eigenvalue weighted by Crippen LogP contribution is 2.49. The number of piperidine rings is 1. The lowest BCUT2D eigenvalue weighted by atomic mass is 9.93. The van der Waals surface area contributed by atoms with Crippen LogP contribution in [0.4, 0.5) is 0 Å². The lowest BCUT2D eigenvalue weighted by molar-refractivity contribution is -0.159. The maximum Gasteiger partial charge on any atom is 0.182 e. The van der Waals surface area contributed by atoms with Crippen LogP contribution in [0.15, 0.2) is 48.5 Å². The topological polar surface area (TPSA) is 46.2 Å². The Balaban J connectivity index is 1.54. The van der Waals surface area contributed by atoms with Gasteiger partial charge < -0.3 is 24.5 Å². The molecule has 0 amide bonds. The largest absolute Gasteiger partial charge is 0.497 e. The van der Waals surface area contributed by atoms with E-state index in [1.807, 2.05) is 18.2 Å². The van der Waals surface area contributed by atoms with Crippen LogP contribution >= 0.6 is 0 Å². The van der Waals surface area contributed by atoms with Gasteiger partial charge in [-0.2, -0.15) is 5.01 Å². The number of hydrogen-bond acceptors (Lipinski definition) is 6. The lowest BCUT2D eigenvalue weighted by Gasteiger charge is -2.51. The van der Waals surface area contributed by atoms with Crippen molar-refractivity contribution >= 4 is 5.70 Å². The van der Waals surface area contributed by atoms with Crippen molar-refractivity contribution in [1.82, 2.24) is 15.3 Å². The molecule has 5 rings (SSSR count). The Labute approximate surface area is 178 Å². The first-order valence-electron chi connectivity index (χ1n) is 10.7. The maximum absolute atomic E-state index is 6.70. The van der Waals surface area contributed by atoms with Gasteiger partial charge in [0.05, 0.1) is 26.0 Å². The molecule has 1 N–H and O–H groups in total. The van der Waals surface area contributed by atoms with E-state index in [1.54, 1.807) is 14.2 Å². The first-order valence-corrected chi connectivity index (χ1v) is 10.7. The molecule has 0 unspecified atom stereocenters. The van der Waals surface area contributed by atoms with E-state index >= 15 is 0 Å². The molecule has 2 aromatic carbocycles. The molecule has 0 bridgehead atoms. The monoisotopic (exact) mass is 407 g/mol. The van der Waals surface area contributed by atoms with E-state index < -0.39 is 0 Å². The number of hydrazine groups is 1. The minimum Gasteiger partial charge on any atom is -0.497 e. The fraction of sp³-hybridized carbons (Fsp3) is 0.417. The summed E-state index contributed by atoms with van der Waals surface area (Å²) in [7, 11) is 3.37. The van der Waals surface area contributed by atoms with Gasteiger partial charge in [0.2, 0.25) is 0 Å². The molecular formula is C24H29N3O3. The average molecular weight is 408 g/mol. The summed E-state index contributed by atoms with van der Waals surface area (Å²) in [5, 5.41) is 2.32. The molecule has 0 radical (unpaired) electrons. The summed E-state index contributed by atoms with van der Waals surface area (Å²) in [5.41, 5.74) is 6.58. The summed E-state index contributed by atoms with van der Waals surface area (Å²) in [5.74, 6) is 2.56. The van der Waals surface area contributed by atoms with Gasteiger partial charge in [-0.15, -0.1) is 0 Å². The normalized spacial score (nSPS) is 22.5. The van der Waals surface area contributed by atoms with Gasteiger partial charge in [-0.25, -0.2) is 0 Å². The lowest BCUT2D eigenvalue weighted by Crippen LogP contribution is -2.63. The van der Waals surface area contributed by atoms with Crippen molar-refractivity contribution in [3.05, 3.63) is 59.7 Å². The molecule has 158 valence electrons. The van der Waals surface area contributed by atoms with Crippen LogP contribution < -0.4 is 19.6 Å². The molecule has 1 atom stereocenters. The van der Waals surface area contributed by atoms with E-state index in [0.29, 0.717) is 0 Å². The van der Waals surface area contributed by atoms with E-state index in [2.05, 4.69) is 52.6 Å². The third kappa shape index (κ3) is 3.02. The van der Waals surface area contributed by atoms with E-state index in [-0.39, 0.29) is 11.8 Å². The van der Waals surface area contributed by atoms with E-state index in [4.69, 9.17) is 14.2 Å². The molecule has 2 aromatic rings. The van der Waals surface area contributed by atoms with Gasteiger partial charge in [-0.3, -0.25) is 0 Å². The Bertz CT molecular complexity index is 966. The number of ether oxygens (including phenoxy) is 3. The molecule has 1 saturated heterocycles. The Morgan fingerprint density at radius 2 is 1.90 bits per heavy atom. The van der Waals surface area contributed by atoms with Crippen LogP contribution in [-0.4, -0.2) is 49.5 Å². The van der Waals surface area contributed by atoms with Gasteiger partial charge >= 0.3 is 0 Å². The average Bonchev–Trinajstić information content (AvgIpc) is 3.26. The molecule has 6 nitrogen and oxygen atoms in total. The zero-order valence-corrected chi connectivity index (χ0v) is 17.9. The second kappa shape index (κ2) is 7.52. The number of nitrogens with one attached hydrogen (secondary N) is 1. The number of likely N-dealkylation sites (tertiary alicyclic amines) is 1. The van der Waals surface area contributed by atoms with Crippen molar-refractivity contribution < 1.29 is 14.2 Å². The molecule has 0 saturated carbocycles. The van der Waals surface area contributed by atoms with Crippen LogP contribution in [0, 0.1) is 0 Å². The minimum absolute atomic E-state index is 0.116. The summed E-state index contributed by atoms with van der Waals surface area (Å²) in [6.45, 7) is 5.37. The summed E-state index contributed by atoms with van der Waals surface area (Å²) in [6, 6.07) is 14.5. The molecule has 3 aliphatic heterocycles. The molecule has 30 heavy (non-hydrogen) atoms. The van der Waals surface area contributed by atoms with Crippen molar-refractivity contribution in [3.63, 3.8) is 0 Å². The predicted molar refractivity (Wildman–Crippen MR) is 116 cm³/mol. The van der Waals surface area contributed by atoms with Gasteiger partial charge in [0, 0.05) is 43.1 Å². The van der Waals surface area contributed by atoms with Crippen molar-refractivity contribution in [2.45, 2.75) is 31.5 Å². The van der Waals surface area contributed by atoms with Crippen molar-refractivity contribution in [1.29, 1.82) is 0 Å². The molecule has 1 fully saturated rings. The molecule has 0 aliphatic carbocycles. The van der Waals surface area contributed by atoms with Crippen LogP contribution in [0.2, 0.25) is 0 Å². The number of nitrogens with zero attached hydrogens (tertiary/aromatic N) is 2. The quantitative estimate of drug-likeness (QED) is 0.832. The molecule has 1 spiro atoms. The zero-order valence-electron chi connectivity index (χ0n) is 17.9. The Kier molecular flexibility index (Phi) is 4.83. The predicted octanol–water partition coefficient (Wildman–Crippen LogP) is 3.81. The van der Waals surface area contributed by atoms with Crippen molar-refractivity contribution in [3.8, 4) is 17.2 Å². The van der Waals surface area contributed by atoms with Crippen LogP contribution in [-0.2, 0) is 0 Å². The smallest absolute Gasteiger partial charge is 0.182 e. The van der Waals surface area contributed by atoms with Gasteiger partial charge in [0.1, 0.15) is 17.2 Å². The van der Waals surface area contributed by atoms with Crippen molar-refractivity contribution in [2.24, 2.45) is 0 Å². The highest BCUT2D eigenvalue weighted by Gasteiger charge is 2.51. The Hall–Kier alpha value is -2.70. The Morgan fingerprint density at radius 1 is 1.10 bits per heavy atom. The summed E-state index contributed by atoms with van der Waals surface area (Å²) < 4.78 is 17.7. The third-order valence-electron chi connectivity index (χ3n) is 6.60. The highest BCUT2D eigenvalue weighted by molar-refractivity contribution is 5.72. The van der Waals surface area contributed by atoms with Crippen LogP contribution in [0.1, 0.15) is 36.9 Å². The fourth-order valence-corrected chi connectivity index (χ4v) is 4.86. The third-order valence-corrected chi connectivity index (χ3v) is 6.60. The number of methoxy groups -OCH3 is 2. The second-order valence-electron chi connectivity index (χ2n) is 8.09. The number of rotatable bonds is 4. The first-order chi connectivity index (χ1) is 14.7. The molecular weight excluding hydrogens is 378 g/mol. The zero-order chi connectivity index (χ0) is 20.7. The molecule has 6 heteroatoms. The van der Waals surface area contributed by atoms with E-state index in [1.165, 1.54) is 5.56 Å². The van der Waals surface area contributed by atoms with Gasteiger partial charge in [0.15, 0.2) is 5.72 Å². The standard InChI is InChI=1S/C24H29N3O3/c1-4-26-13-11-24(12-14-26)27-21(19-7-5-6-8-22(19)30-24)16-20(25-27)18-10-9-17(28-2)15-23(18)29-3/h5-10,15-16,21,25H,4,11-14H2,1-3H3/t21-/m1/s1. The van der Waals surface area contributed by atoms with Gasteiger partial charge in [0.25, 0.3) is 0 Å². The van der Waals surface area contributed by atoms with E-state index in [0.717, 1.165) is 61.0 Å². The first kappa shape index (κ1) is 19.3.